The van der Waals surface area contributed by atoms with Gasteiger partial charge in [0.15, 0.2) is 0 Å². The first-order valence-corrected chi connectivity index (χ1v) is 21.5. The Morgan fingerprint density at radius 1 is 0.969 bits per heavy atom. The zero-order valence-corrected chi connectivity index (χ0v) is 36.8. The van der Waals surface area contributed by atoms with Crippen LogP contribution in [0.25, 0.3) is 21.9 Å². The monoisotopic (exact) mass is 895 g/mol. The van der Waals surface area contributed by atoms with Crippen molar-refractivity contribution in [2.24, 2.45) is 7.05 Å². The van der Waals surface area contributed by atoms with E-state index >= 15 is 0 Å². The minimum absolute atomic E-state index is 0.0501. The van der Waals surface area contributed by atoms with E-state index in [0.717, 1.165) is 52.9 Å². The molecule has 0 aliphatic carbocycles. The lowest BCUT2D eigenvalue weighted by Crippen LogP contribution is -2.57. The highest BCUT2D eigenvalue weighted by Crippen LogP contribution is 2.40. The fourth-order valence-corrected chi connectivity index (χ4v) is 8.99. The van der Waals surface area contributed by atoms with Gasteiger partial charge in [0, 0.05) is 83.0 Å². The van der Waals surface area contributed by atoms with Gasteiger partial charge in [-0.2, -0.15) is 0 Å². The van der Waals surface area contributed by atoms with Gasteiger partial charge in [-0.25, -0.2) is 4.98 Å². The van der Waals surface area contributed by atoms with E-state index in [1.165, 1.54) is 12.1 Å². The molecule has 19 nitrogen and oxygen atoms in total. The molecule has 19 heteroatoms. The van der Waals surface area contributed by atoms with E-state index in [1.54, 1.807) is 51.2 Å². The number of carbonyl (C=O) groups is 6. The summed E-state index contributed by atoms with van der Waals surface area (Å²) < 4.78 is 25.8. The number of carbonyl (C=O) groups excluding carboxylic acids is 5. The summed E-state index contributed by atoms with van der Waals surface area (Å²) in [6.07, 6.45) is 6.76. The van der Waals surface area contributed by atoms with Gasteiger partial charge in [0.05, 0.1) is 55.1 Å². The molecule has 4 aliphatic heterocycles. The van der Waals surface area contributed by atoms with Crippen LogP contribution < -0.4 is 30.4 Å². The normalized spacial score (nSPS) is 18.2. The highest BCUT2D eigenvalue weighted by atomic mass is 16.5. The molecular formula is C46H53N7O12. The number of aryl methyl sites for hydroxylation is 1. The summed E-state index contributed by atoms with van der Waals surface area (Å²) >= 11 is 0. The molecule has 0 bridgehead atoms. The molecule has 5 amide bonds. The second-order valence-corrected chi connectivity index (χ2v) is 16.4. The minimum Gasteiger partial charge on any atom is -0.496 e. The lowest BCUT2D eigenvalue weighted by atomic mass is 9.88. The van der Waals surface area contributed by atoms with Gasteiger partial charge in [-0.3, -0.25) is 48.7 Å². The number of anilines is 1. The highest BCUT2D eigenvalue weighted by Gasteiger charge is 2.45. The lowest BCUT2D eigenvalue weighted by molar-refractivity contribution is -0.159. The van der Waals surface area contributed by atoms with Gasteiger partial charge in [-0.1, -0.05) is 0 Å². The number of nitrogens with zero attached hydrogens (tertiary/aromatic N) is 5. The third-order valence-corrected chi connectivity index (χ3v) is 12.5. The minimum atomic E-state index is -1.03. The van der Waals surface area contributed by atoms with Crippen LogP contribution in [0, 0.1) is 0 Å². The molecule has 6 heterocycles. The fraction of sp³-hybridized carbons (Fsp3) is 0.435. The van der Waals surface area contributed by atoms with E-state index in [-0.39, 0.29) is 41.9 Å². The molecule has 3 saturated heterocycles. The number of pyridine rings is 2. The standard InChI is InChI=1S/C45H51N7O10.CH2O2/c1-46-38-22-31-32(23-47-38)33(24-49(2)42(31)56)27-19-36(59-3)34(37(20-27)60-4)25-50-14-12-45(13-15-50)26-51(16-18-62-45)40(54)7-5-6-17-61-28-8-9-29-30(21-28)44(58)52(43(29)57)35-10-11-39(53)48-41(35)55;2-1-3/h8-9,19-24,35H,5-7,10-18,25-26H2,1-4H3,(H,46,47)(H,48,53,55);1H,(H,2,3). The Morgan fingerprint density at radius 2 is 1.68 bits per heavy atom. The number of unbranched alkanes of at least 4 members (excludes halogenated alkanes) is 1. The Labute approximate surface area is 374 Å². The third kappa shape index (κ3) is 9.66. The number of piperidine rings is 2. The maximum absolute atomic E-state index is 13.4. The number of hydrogen-bond acceptors (Lipinski definition) is 14. The van der Waals surface area contributed by atoms with E-state index in [1.807, 2.05) is 23.2 Å². The number of aromatic nitrogens is 2. The van der Waals surface area contributed by atoms with Crippen LogP contribution in [0.15, 0.2) is 53.6 Å². The lowest BCUT2D eigenvalue weighted by Gasteiger charge is -2.47. The summed E-state index contributed by atoms with van der Waals surface area (Å²) in [5, 5.41) is 13.4. The number of nitrogens with one attached hydrogen (secondary N) is 2. The van der Waals surface area contributed by atoms with Crippen molar-refractivity contribution < 1.29 is 52.8 Å². The second kappa shape index (κ2) is 19.9. The van der Waals surface area contributed by atoms with Gasteiger partial charge in [0.25, 0.3) is 23.8 Å². The largest absolute Gasteiger partial charge is 0.496 e. The van der Waals surface area contributed by atoms with Crippen molar-refractivity contribution in [3.63, 3.8) is 0 Å². The third-order valence-electron chi connectivity index (χ3n) is 12.5. The van der Waals surface area contributed by atoms with Gasteiger partial charge in [0.2, 0.25) is 17.7 Å². The first-order chi connectivity index (χ1) is 31.3. The van der Waals surface area contributed by atoms with Crippen molar-refractivity contribution in [1.82, 2.24) is 29.6 Å². The van der Waals surface area contributed by atoms with Gasteiger partial charge in [-0.15, -0.1) is 0 Å². The van der Waals surface area contributed by atoms with Gasteiger partial charge < -0.3 is 38.8 Å². The number of methoxy groups -OCH3 is 2. The number of amides is 5. The number of ether oxygens (including phenoxy) is 4. The summed E-state index contributed by atoms with van der Waals surface area (Å²) in [7, 11) is 6.79. The number of likely N-dealkylation sites (tertiary alicyclic amines) is 1. The summed E-state index contributed by atoms with van der Waals surface area (Å²) in [6, 6.07) is 9.32. The SMILES string of the molecule is CNc1cc2c(=O)n(C)cc(-c3cc(OC)c(CN4CCC5(CC4)CN(C(=O)CCCCOc4ccc6c(c4)C(=O)N(C4CCC(=O)NC4=O)C6=O)CCO5)c(OC)c3)c2cn1.O=CO. The quantitative estimate of drug-likeness (QED) is 0.0995. The molecule has 0 radical (unpaired) electrons. The summed E-state index contributed by atoms with van der Waals surface area (Å²) in [6.45, 7) is 3.72. The molecule has 65 heavy (non-hydrogen) atoms. The number of rotatable bonds is 13. The maximum atomic E-state index is 13.4. The van der Waals surface area contributed by atoms with E-state index in [4.69, 9.17) is 28.8 Å². The highest BCUT2D eigenvalue weighted by molar-refractivity contribution is 6.23. The van der Waals surface area contributed by atoms with Crippen molar-refractivity contribution >= 4 is 52.6 Å². The molecule has 1 spiro atoms. The Hall–Kier alpha value is -6.86. The Balaban J connectivity index is 0.00000204. The van der Waals surface area contributed by atoms with Crippen LogP contribution in [0.2, 0.25) is 0 Å². The topological polar surface area (TPSA) is 228 Å². The number of carboxylic acid groups (broad SMARTS) is 1. The number of fused-ring (bicyclic) bond motifs is 2. The van der Waals surface area contributed by atoms with Crippen LogP contribution in [-0.2, 0) is 37.5 Å². The predicted octanol–water partition coefficient (Wildman–Crippen LogP) is 3.20. The predicted molar refractivity (Wildman–Crippen MR) is 236 cm³/mol. The van der Waals surface area contributed by atoms with Crippen molar-refractivity contribution in [3.05, 3.63) is 75.8 Å². The summed E-state index contributed by atoms with van der Waals surface area (Å²) in [5.41, 5.74) is 2.40. The molecule has 2 aromatic heterocycles. The van der Waals surface area contributed by atoms with Crippen LogP contribution >= 0.6 is 0 Å². The molecule has 2 aromatic carbocycles. The molecule has 1 unspecified atom stereocenters. The molecule has 3 N–H and O–H groups in total. The Bertz CT molecular complexity index is 2540. The Morgan fingerprint density at radius 3 is 2.35 bits per heavy atom. The van der Waals surface area contributed by atoms with Gasteiger partial charge in [0.1, 0.15) is 29.1 Å². The average Bonchev–Trinajstić information content (AvgIpc) is 3.55. The van der Waals surface area contributed by atoms with Crippen LogP contribution in [0.5, 0.6) is 17.2 Å². The fourth-order valence-electron chi connectivity index (χ4n) is 8.99. The van der Waals surface area contributed by atoms with Gasteiger partial charge >= 0.3 is 0 Å². The molecule has 1 atom stereocenters. The first-order valence-electron chi connectivity index (χ1n) is 21.5. The van der Waals surface area contributed by atoms with Crippen LogP contribution in [0.4, 0.5) is 5.82 Å². The van der Waals surface area contributed by atoms with E-state index < -0.39 is 35.3 Å². The molecule has 0 saturated carbocycles. The zero-order chi connectivity index (χ0) is 46.4. The van der Waals surface area contributed by atoms with E-state index in [2.05, 4.69) is 20.5 Å². The molecule has 8 rings (SSSR count). The number of hydrogen-bond donors (Lipinski definition) is 3. The van der Waals surface area contributed by atoms with Crippen molar-refractivity contribution in [1.29, 1.82) is 0 Å². The van der Waals surface area contributed by atoms with Crippen LogP contribution in [0.3, 0.4) is 0 Å². The van der Waals surface area contributed by atoms with Crippen LogP contribution in [0.1, 0.15) is 71.2 Å². The van der Waals surface area contributed by atoms with Crippen molar-refractivity contribution in [3.8, 4) is 28.4 Å². The summed E-state index contributed by atoms with van der Waals surface area (Å²) in [5.74, 6) is 0.197. The maximum Gasteiger partial charge on any atom is 0.290 e. The van der Waals surface area contributed by atoms with Crippen molar-refractivity contribution in [2.45, 2.75) is 63.1 Å². The smallest absolute Gasteiger partial charge is 0.290 e. The molecule has 3 fully saturated rings. The Kier molecular flexibility index (Phi) is 14.1. The molecular weight excluding hydrogens is 843 g/mol. The number of benzene rings is 2. The average molecular weight is 896 g/mol. The number of morpholine rings is 1. The summed E-state index contributed by atoms with van der Waals surface area (Å²) in [4.78, 5) is 94.6. The molecule has 4 aromatic rings. The van der Waals surface area contributed by atoms with Crippen molar-refractivity contribution in [2.75, 3.05) is 66.0 Å². The van der Waals surface area contributed by atoms with Gasteiger partial charge in [-0.05, 0) is 74.1 Å². The number of imide groups is 2. The van der Waals surface area contributed by atoms with Crippen LogP contribution in [-0.4, -0.2) is 138 Å². The second-order valence-electron chi connectivity index (χ2n) is 16.4. The van der Waals surface area contributed by atoms with E-state index in [0.29, 0.717) is 80.6 Å². The first kappa shape index (κ1) is 46.1. The zero-order valence-electron chi connectivity index (χ0n) is 36.8. The van der Waals surface area contributed by atoms with E-state index in [9.17, 15) is 28.8 Å². The molecule has 4 aliphatic rings. The molecule has 344 valence electrons.